The maximum absolute atomic E-state index is 13.9. The Morgan fingerprint density at radius 1 is 0.889 bits per heavy atom. The van der Waals surface area contributed by atoms with Crippen molar-refractivity contribution in [3.8, 4) is 0 Å². The van der Waals surface area contributed by atoms with Crippen molar-refractivity contribution in [1.29, 1.82) is 0 Å². The van der Waals surface area contributed by atoms with Gasteiger partial charge in [-0.05, 0) is 61.6 Å². The fourth-order valence-electron chi connectivity index (χ4n) is 5.67. The van der Waals surface area contributed by atoms with Crippen LogP contribution in [0.15, 0.2) is 90.1 Å². The van der Waals surface area contributed by atoms with Gasteiger partial charge < -0.3 is 10.2 Å². The van der Waals surface area contributed by atoms with Crippen molar-refractivity contribution in [2.24, 2.45) is 0 Å². The maximum Gasteiger partial charge on any atom is 0.224 e. The lowest BCUT2D eigenvalue weighted by Crippen LogP contribution is -2.37. The number of anilines is 3. The van der Waals surface area contributed by atoms with Crippen LogP contribution in [0, 0.1) is 0 Å². The van der Waals surface area contributed by atoms with Crippen LogP contribution < -0.4 is 15.1 Å². The van der Waals surface area contributed by atoms with Gasteiger partial charge in [-0.3, -0.25) is 14.5 Å². The van der Waals surface area contributed by atoms with E-state index in [1.807, 2.05) is 42.5 Å². The van der Waals surface area contributed by atoms with Gasteiger partial charge in [0.25, 0.3) is 0 Å². The Balaban J connectivity index is 1.66. The largest absolute Gasteiger partial charge is 0.372 e. The normalized spacial score (nSPS) is 19.2. The zero-order chi connectivity index (χ0) is 25.2. The van der Waals surface area contributed by atoms with E-state index in [4.69, 9.17) is 0 Å². The van der Waals surface area contributed by atoms with Crippen LogP contribution in [0.25, 0.3) is 0 Å². The minimum atomic E-state index is -0.483. The molecule has 2 atom stereocenters. The van der Waals surface area contributed by atoms with E-state index in [2.05, 4.69) is 60.5 Å². The molecule has 1 amide bonds. The molecule has 0 fully saturated rings. The Hall–Kier alpha value is -3.86. The van der Waals surface area contributed by atoms with E-state index in [0.29, 0.717) is 12.0 Å². The molecule has 5 rings (SSSR count). The van der Waals surface area contributed by atoms with E-state index >= 15 is 0 Å². The lowest BCUT2D eigenvalue weighted by Gasteiger charge is -2.35. The van der Waals surface area contributed by atoms with Crippen LogP contribution in [0.5, 0.6) is 0 Å². The molecule has 1 aliphatic carbocycles. The van der Waals surface area contributed by atoms with Gasteiger partial charge in [0, 0.05) is 43.4 Å². The van der Waals surface area contributed by atoms with Gasteiger partial charge >= 0.3 is 0 Å². The van der Waals surface area contributed by atoms with E-state index in [0.717, 1.165) is 47.8 Å². The summed E-state index contributed by atoms with van der Waals surface area (Å²) in [5, 5.41) is 3.58. The van der Waals surface area contributed by atoms with Crippen molar-refractivity contribution in [3.63, 3.8) is 0 Å². The summed E-state index contributed by atoms with van der Waals surface area (Å²) in [5.74, 6) is 0.106. The van der Waals surface area contributed by atoms with Gasteiger partial charge in [0.2, 0.25) is 5.91 Å². The highest BCUT2D eigenvalue weighted by Crippen LogP contribution is 2.47. The summed E-state index contributed by atoms with van der Waals surface area (Å²) in [7, 11) is 0. The number of hydrogen-bond donors (Lipinski definition) is 1. The van der Waals surface area contributed by atoms with E-state index in [-0.39, 0.29) is 17.6 Å². The number of carbonyl (C=O) groups excluding carboxylic acids is 2. The predicted octanol–water partition coefficient (Wildman–Crippen LogP) is 6.45. The second-order valence-electron chi connectivity index (χ2n) is 9.53. The van der Waals surface area contributed by atoms with Crippen LogP contribution in [-0.4, -0.2) is 24.8 Å². The Bertz CT molecular complexity index is 1290. The number of nitrogens with one attached hydrogen (secondary N) is 1. The summed E-state index contributed by atoms with van der Waals surface area (Å²) in [6.07, 6.45) is 1.15. The molecular formula is C31H33N3O2. The number of carbonyl (C=O) groups is 2. The second-order valence-corrected chi connectivity index (χ2v) is 9.53. The van der Waals surface area contributed by atoms with Gasteiger partial charge in [-0.1, -0.05) is 54.6 Å². The molecule has 0 aromatic heterocycles. The summed E-state index contributed by atoms with van der Waals surface area (Å²) in [5.41, 5.74) is 6.50. The monoisotopic (exact) mass is 479 g/mol. The molecule has 2 aliphatic rings. The first-order chi connectivity index (χ1) is 17.5. The molecule has 0 bridgehead atoms. The van der Waals surface area contributed by atoms with Crippen LogP contribution in [0.2, 0.25) is 0 Å². The molecule has 1 heterocycles. The minimum absolute atomic E-state index is 0.0891. The third-order valence-corrected chi connectivity index (χ3v) is 7.44. The first kappa shape index (κ1) is 23.9. The van der Waals surface area contributed by atoms with Crippen molar-refractivity contribution >= 4 is 28.8 Å². The van der Waals surface area contributed by atoms with Crippen molar-refractivity contribution in [1.82, 2.24) is 0 Å². The Morgan fingerprint density at radius 3 is 2.22 bits per heavy atom. The molecule has 0 radical (unpaired) electrons. The van der Waals surface area contributed by atoms with Crippen molar-refractivity contribution < 1.29 is 9.59 Å². The number of Topliss-reactive ketones (excluding diaryl/α,β-unsaturated/α-hetero) is 1. The van der Waals surface area contributed by atoms with Gasteiger partial charge in [0.05, 0.1) is 17.4 Å². The zero-order valence-electron chi connectivity index (χ0n) is 21.2. The summed E-state index contributed by atoms with van der Waals surface area (Å²) in [4.78, 5) is 31.2. The molecule has 1 aliphatic heterocycles. The third kappa shape index (κ3) is 4.30. The number of ketones is 1. The quantitative estimate of drug-likeness (QED) is 0.457. The van der Waals surface area contributed by atoms with Gasteiger partial charge in [0.1, 0.15) is 0 Å². The average molecular weight is 480 g/mol. The Kier molecular flexibility index (Phi) is 6.64. The van der Waals surface area contributed by atoms with Crippen LogP contribution in [0.1, 0.15) is 56.7 Å². The van der Waals surface area contributed by atoms with Gasteiger partial charge in [-0.25, -0.2) is 0 Å². The molecule has 3 aromatic carbocycles. The van der Waals surface area contributed by atoms with Crippen LogP contribution in [0.4, 0.5) is 17.1 Å². The molecule has 0 spiro atoms. The number of nitrogens with zero attached hydrogens (tertiary/aromatic N) is 2. The van der Waals surface area contributed by atoms with Crippen molar-refractivity contribution in [2.75, 3.05) is 28.2 Å². The minimum Gasteiger partial charge on any atom is -0.372 e. The van der Waals surface area contributed by atoms with Crippen LogP contribution >= 0.6 is 0 Å². The molecule has 5 nitrogen and oxygen atoms in total. The summed E-state index contributed by atoms with van der Waals surface area (Å²) >= 11 is 0. The smallest absolute Gasteiger partial charge is 0.224 e. The number of allylic oxidation sites excluding steroid dienone is 1. The average Bonchev–Trinajstić information content (AvgIpc) is 3.05. The van der Waals surface area contributed by atoms with Crippen LogP contribution in [0.3, 0.4) is 0 Å². The van der Waals surface area contributed by atoms with Crippen molar-refractivity contribution in [2.45, 2.75) is 45.6 Å². The topological polar surface area (TPSA) is 52.7 Å². The third-order valence-electron chi connectivity index (χ3n) is 7.44. The molecule has 2 unspecified atom stereocenters. The molecule has 1 N–H and O–H groups in total. The van der Waals surface area contributed by atoms with Gasteiger partial charge in [-0.15, -0.1) is 0 Å². The molecule has 3 aromatic rings. The Labute approximate surface area is 213 Å². The predicted molar refractivity (Wildman–Crippen MR) is 146 cm³/mol. The van der Waals surface area contributed by atoms with Gasteiger partial charge in [-0.2, -0.15) is 0 Å². The molecular weight excluding hydrogens is 446 g/mol. The molecule has 184 valence electrons. The highest BCUT2D eigenvalue weighted by Gasteiger charge is 2.40. The maximum atomic E-state index is 13.9. The van der Waals surface area contributed by atoms with Gasteiger partial charge in [0.15, 0.2) is 5.78 Å². The van der Waals surface area contributed by atoms with E-state index < -0.39 is 6.04 Å². The SMILES string of the molecule is CCN(CC)c1ccc(C2C3=C(CC(c4ccccc4)CC3=O)Nc3ccccc3N2C(C)=O)cc1. The summed E-state index contributed by atoms with van der Waals surface area (Å²) in [6, 6.07) is 26.0. The standard InChI is InChI=1S/C31H33N3O2/c1-4-33(5-2)25-17-15-23(16-18-25)31-30-27(19-24(20-29(30)36)22-11-7-6-8-12-22)32-26-13-9-10-14-28(26)34(31)21(3)35/h6-18,24,31-32H,4-5,19-20H2,1-3H3. The number of rotatable bonds is 5. The highest BCUT2D eigenvalue weighted by molar-refractivity contribution is 6.06. The molecule has 36 heavy (non-hydrogen) atoms. The summed E-state index contributed by atoms with van der Waals surface area (Å²) in [6.45, 7) is 7.71. The number of fused-ring (bicyclic) bond motifs is 1. The lowest BCUT2D eigenvalue weighted by molar-refractivity contribution is -0.117. The fourth-order valence-corrected chi connectivity index (χ4v) is 5.67. The van der Waals surface area contributed by atoms with Crippen molar-refractivity contribution in [3.05, 3.63) is 101 Å². The van der Waals surface area contributed by atoms with E-state index in [1.165, 1.54) is 5.56 Å². The first-order valence-electron chi connectivity index (χ1n) is 12.8. The molecule has 0 saturated carbocycles. The fraction of sp³-hybridized carbons (Fsp3) is 0.290. The number of amides is 1. The molecule has 0 saturated heterocycles. The highest BCUT2D eigenvalue weighted by atomic mass is 16.2. The van der Waals surface area contributed by atoms with E-state index in [9.17, 15) is 9.59 Å². The Morgan fingerprint density at radius 2 is 1.56 bits per heavy atom. The summed E-state index contributed by atoms with van der Waals surface area (Å²) < 4.78 is 0. The number of benzene rings is 3. The zero-order valence-corrected chi connectivity index (χ0v) is 21.2. The second kappa shape index (κ2) is 10.0. The van der Waals surface area contributed by atoms with Crippen LogP contribution in [-0.2, 0) is 9.59 Å². The number of hydrogen-bond acceptors (Lipinski definition) is 4. The number of para-hydroxylation sites is 2. The first-order valence-corrected chi connectivity index (χ1v) is 12.8. The lowest BCUT2D eigenvalue weighted by atomic mass is 9.78. The van der Waals surface area contributed by atoms with E-state index in [1.54, 1.807) is 11.8 Å². The molecule has 5 heteroatoms.